The van der Waals surface area contributed by atoms with Crippen molar-refractivity contribution in [3.05, 3.63) is 33.9 Å². The Morgan fingerprint density at radius 1 is 1.17 bits per heavy atom. The monoisotopic (exact) mass is 331 g/mol. The van der Waals surface area contributed by atoms with E-state index in [-0.39, 0.29) is 12.1 Å². The predicted octanol–water partition coefficient (Wildman–Crippen LogP) is 5.73. The number of halogens is 7. The highest BCUT2D eigenvalue weighted by Gasteiger charge is 2.65. The average Bonchev–Trinajstić information content (AvgIpc) is 2.13. The molecule has 1 rings (SSSR count). The zero-order valence-electron chi connectivity index (χ0n) is 8.13. The first kappa shape index (κ1) is 15.3. The number of nitro groups is 1. The number of hydrogen-bond acceptors (Lipinski definition) is 2. The summed E-state index contributed by atoms with van der Waals surface area (Å²) in [6.45, 7) is 0. The Balaban J connectivity index is 3.58. The molecular weight excluding hydrogens is 328 g/mol. The molecular formula is C7H4Cl2F5NO2S. The number of benzene rings is 1. The SMILES string of the molecule is O=[N+]([O-])c1cc(S(F)(F)(F)(F)F)ccc1C(Cl)Cl. The van der Waals surface area contributed by atoms with Crippen molar-refractivity contribution in [1.29, 1.82) is 0 Å². The maximum Gasteiger partial charge on any atom is 0.310 e. The highest BCUT2D eigenvalue weighted by Crippen LogP contribution is 3.02. The largest absolute Gasteiger partial charge is 0.310 e. The van der Waals surface area contributed by atoms with E-state index in [0.29, 0.717) is 6.07 Å². The smallest absolute Gasteiger partial charge is 0.258 e. The highest BCUT2D eigenvalue weighted by atomic mass is 35.5. The number of alkyl halides is 2. The standard InChI is InChI=1S/C7H4Cl2F5NO2S/c8-7(9)5-2-1-4(3-6(5)15(16)17)18(10,11,12,13)14/h1-3,7H. The Labute approximate surface area is 107 Å². The minimum Gasteiger partial charge on any atom is -0.258 e. The van der Waals surface area contributed by atoms with Gasteiger partial charge in [0.15, 0.2) is 0 Å². The van der Waals surface area contributed by atoms with Gasteiger partial charge in [-0.25, -0.2) is 0 Å². The van der Waals surface area contributed by atoms with Gasteiger partial charge in [-0.3, -0.25) is 10.1 Å². The van der Waals surface area contributed by atoms with Crippen molar-refractivity contribution >= 4 is 39.1 Å². The molecule has 0 bridgehead atoms. The molecule has 0 aliphatic rings. The second-order valence-corrected chi connectivity index (χ2v) is 6.75. The van der Waals surface area contributed by atoms with E-state index >= 15 is 0 Å². The molecule has 0 N–H and O–H groups in total. The fourth-order valence-corrected chi connectivity index (χ4v) is 2.13. The van der Waals surface area contributed by atoms with Crippen molar-refractivity contribution in [2.24, 2.45) is 0 Å². The van der Waals surface area contributed by atoms with Crippen molar-refractivity contribution in [2.45, 2.75) is 9.73 Å². The summed E-state index contributed by atoms with van der Waals surface area (Å²) in [6.07, 6.45) is 0. The molecule has 0 spiro atoms. The fraction of sp³-hybridized carbons (Fsp3) is 0.143. The molecule has 3 nitrogen and oxygen atoms in total. The molecule has 0 heterocycles. The molecule has 11 heteroatoms. The lowest BCUT2D eigenvalue weighted by Crippen LogP contribution is -2.07. The van der Waals surface area contributed by atoms with Gasteiger partial charge in [0.05, 0.1) is 10.5 Å². The summed E-state index contributed by atoms with van der Waals surface area (Å²) in [5.74, 6) is 0. The lowest BCUT2D eigenvalue weighted by Gasteiger charge is -2.40. The van der Waals surface area contributed by atoms with Crippen LogP contribution < -0.4 is 0 Å². The molecule has 0 unspecified atom stereocenters. The van der Waals surface area contributed by atoms with Gasteiger partial charge in [-0.1, -0.05) is 42.6 Å². The van der Waals surface area contributed by atoms with Crippen LogP contribution in [0.5, 0.6) is 0 Å². The average molecular weight is 332 g/mol. The first-order valence-corrected chi connectivity index (χ1v) is 6.85. The van der Waals surface area contributed by atoms with Crippen LogP contribution in [-0.2, 0) is 0 Å². The Kier molecular flexibility index (Phi) is 3.06. The van der Waals surface area contributed by atoms with Gasteiger partial charge in [-0.15, -0.1) is 0 Å². The van der Waals surface area contributed by atoms with E-state index in [1.807, 2.05) is 0 Å². The predicted molar refractivity (Wildman–Crippen MR) is 58.9 cm³/mol. The van der Waals surface area contributed by atoms with Gasteiger partial charge in [0.25, 0.3) is 5.69 Å². The molecule has 0 radical (unpaired) electrons. The fourth-order valence-electron chi connectivity index (χ4n) is 1.11. The Hall–Kier alpha value is -0.800. The van der Waals surface area contributed by atoms with Crippen LogP contribution in [0.2, 0.25) is 0 Å². The van der Waals surface area contributed by atoms with Gasteiger partial charge < -0.3 is 0 Å². The van der Waals surface area contributed by atoms with Crippen LogP contribution in [0.3, 0.4) is 0 Å². The maximum atomic E-state index is 12.4. The summed E-state index contributed by atoms with van der Waals surface area (Å²) in [7, 11) is -9.97. The van der Waals surface area contributed by atoms with Crippen molar-refractivity contribution in [1.82, 2.24) is 0 Å². The lowest BCUT2D eigenvalue weighted by atomic mass is 10.2. The van der Waals surface area contributed by atoms with Gasteiger partial charge in [0.1, 0.15) is 9.73 Å². The third-order valence-electron chi connectivity index (χ3n) is 1.88. The minimum atomic E-state index is -9.97. The number of nitro benzene ring substituents is 1. The van der Waals surface area contributed by atoms with E-state index in [2.05, 4.69) is 0 Å². The van der Waals surface area contributed by atoms with Crippen LogP contribution in [0, 0.1) is 10.1 Å². The van der Waals surface area contributed by atoms with Crippen LogP contribution in [0.1, 0.15) is 10.4 Å². The molecule has 1 aromatic rings. The molecule has 104 valence electrons. The van der Waals surface area contributed by atoms with Crippen LogP contribution in [0.15, 0.2) is 23.1 Å². The second-order valence-electron chi connectivity index (χ2n) is 3.25. The molecule has 0 saturated heterocycles. The summed E-state index contributed by atoms with van der Waals surface area (Å²) in [5.41, 5.74) is -1.70. The van der Waals surface area contributed by atoms with Crippen LogP contribution in [0.25, 0.3) is 0 Å². The van der Waals surface area contributed by atoms with E-state index in [1.165, 1.54) is 0 Å². The van der Waals surface area contributed by atoms with Crippen LogP contribution in [0.4, 0.5) is 25.1 Å². The van der Waals surface area contributed by atoms with Gasteiger partial charge in [0, 0.05) is 6.07 Å². The van der Waals surface area contributed by atoms with Gasteiger partial charge in [0.2, 0.25) is 0 Å². The summed E-state index contributed by atoms with van der Waals surface area (Å²) in [4.78, 5) is 5.38. The molecule has 18 heavy (non-hydrogen) atoms. The molecule has 0 aliphatic heterocycles. The topological polar surface area (TPSA) is 43.1 Å². The van der Waals surface area contributed by atoms with E-state index in [4.69, 9.17) is 23.2 Å². The summed E-state index contributed by atoms with van der Waals surface area (Å²) in [5, 5.41) is 10.5. The Morgan fingerprint density at radius 2 is 1.67 bits per heavy atom. The van der Waals surface area contributed by atoms with Crippen molar-refractivity contribution in [3.63, 3.8) is 0 Å². The first-order valence-electron chi connectivity index (χ1n) is 4.03. The Morgan fingerprint density at radius 3 is 2.00 bits per heavy atom. The number of nitrogens with zero attached hydrogens (tertiary/aromatic N) is 1. The molecule has 0 atom stereocenters. The van der Waals surface area contributed by atoms with E-state index < -0.39 is 36.1 Å². The van der Waals surface area contributed by atoms with Crippen molar-refractivity contribution in [2.75, 3.05) is 0 Å². The third-order valence-corrected chi connectivity index (χ3v) is 3.49. The van der Waals surface area contributed by atoms with Crippen LogP contribution in [-0.4, -0.2) is 4.92 Å². The second kappa shape index (κ2) is 3.61. The molecule has 0 saturated carbocycles. The highest BCUT2D eigenvalue weighted by molar-refractivity contribution is 8.45. The number of rotatable bonds is 3. The third kappa shape index (κ3) is 3.36. The minimum absolute atomic E-state index is 0.0155. The van der Waals surface area contributed by atoms with E-state index in [9.17, 15) is 29.5 Å². The van der Waals surface area contributed by atoms with Crippen LogP contribution >= 0.6 is 33.4 Å². The summed E-state index contributed by atoms with van der Waals surface area (Å²) >= 11 is 10.6. The van der Waals surface area contributed by atoms with Gasteiger partial charge >= 0.3 is 10.2 Å². The van der Waals surface area contributed by atoms with Gasteiger partial charge in [-0.2, -0.15) is 0 Å². The quantitative estimate of drug-likeness (QED) is 0.307. The maximum absolute atomic E-state index is 12.4. The normalized spacial score (nSPS) is 16.2. The molecule has 0 aliphatic carbocycles. The Bertz CT molecular complexity index is 518. The molecule has 0 fully saturated rings. The van der Waals surface area contributed by atoms with Crippen molar-refractivity contribution < 1.29 is 24.4 Å². The molecule has 0 aromatic heterocycles. The zero-order valence-corrected chi connectivity index (χ0v) is 10.5. The van der Waals surface area contributed by atoms with Crippen molar-refractivity contribution in [3.8, 4) is 0 Å². The first-order chi connectivity index (χ1) is 7.72. The summed E-state index contributed by atoms with van der Waals surface area (Å²) in [6, 6.07) is 0.201. The van der Waals surface area contributed by atoms with Gasteiger partial charge in [-0.05, 0) is 12.1 Å². The van der Waals surface area contributed by atoms with E-state index in [1.54, 1.807) is 0 Å². The van der Waals surface area contributed by atoms with E-state index in [0.717, 1.165) is 0 Å². The zero-order chi connectivity index (χ0) is 14.4. The number of hydrogen-bond donors (Lipinski definition) is 0. The molecule has 1 aromatic carbocycles. The lowest BCUT2D eigenvalue weighted by molar-refractivity contribution is -0.385. The molecule has 0 amide bonds. The summed E-state index contributed by atoms with van der Waals surface area (Å²) < 4.78 is 62.2.